The summed E-state index contributed by atoms with van der Waals surface area (Å²) >= 11 is 0. The van der Waals surface area contributed by atoms with Crippen LogP contribution < -0.4 is 0 Å². The van der Waals surface area contributed by atoms with Crippen molar-refractivity contribution in [3.05, 3.63) is 24.3 Å². The first-order valence-electron chi connectivity index (χ1n) is 42.0. The highest BCUT2D eigenvalue weighted by molar-refractivity contribution is 7.47. The zero-order valence-corrected chi connectivity index (χ0v) is 67.3. The molecule has 19 heteroatoms. The number of carbonyl (C=O) groups is 4. The average molecular weight is 1480 g/mol. The lowest BCUT2D eigenvalue weighted by Gasteiger charge is -2.21. The molecule has 0 heterocycles. The summed E-state index contributed by atoms with van der Waals surface area (Å²) in [5.74, 6) is -1.36. The Bertz CT molecular complexity index is 2020. The van der Waals surface area contributed by atoms with Crippen LogP contribution in [0.15, 0.2) is 24.3 Å². The number of hydrogen-bond donors (Lipinski definition) is 3. The SMILES string of the molecule is CCCCCC/C=C\C=C/CCCCCCCC(=O)O[C@H](COC(=O)CCCCCCCCCCC(C)CC)COP(=O)(O)OC[C@H](O)COP(=O)(O)OC[C@@H](COC(=O)CCCCCCCCCCCCCCCCCC)OC(=O)CCCCCCCCCCCCCCCCCCCC. The fourth-order valence-electron chi connectivity index (χ4n) is 12.2. The molecule has 6 atom stereocenters. The predicted octanol–water partition coefficient (Wildman–Crippen LogP) is 24.4. The highest BCUT2D eigenvalue weighted by Gasteiger charge is 2.30. The van der Waals surface area contributed by atoms with Gasteiger partial charge in [0, 0.05) is 25.7 Å². The van der Waals surface area contributed by atoms with Crippen molar-refractivity contribution < 1.29 is 80.2 Å². The quantitative estimate of drug-likeness (QED) is 0.0169. The minimum absolute atomic E-state index is 0.0850. The predicted molar refractivity (Wildman–Crippen MR) is 414 cm³/mol. The van der Waals surface area contributed by atoms with Gasteiger partial charge in [-0.05, 0) is 57.3 Å². The molecular formula is C82H156O17P2. The summed E-state index contributed by atoms with van der Waals surface area (Å²) in [5.41, 5.74) is 0. The Hall–Kier alpha value is -2.46. The number of esters is 4. The number of unbranched alkanes of at least 4 members (excludes halogenated alkanes) is 48. The minimum atomic E-state index is -4.97. The molecule has 0 radical (unpaired) electrons. The van der Waals surface area contributed by atoms with E-state index in [9.17, 15) is 43.2 Å². The lowest BCUT2D eigenvalue weighted by atomic mass is 9.99. The second kappa shape index (κ2) is 74.4. The summed E-state index contributed by atoms with van der Waals surface area (Å²) in [6, 6.07) is 0. The normalized spacial score (nSPS) is 14.3. The zero-order valence-electron chi connectivity index (χ0n) is 65.5. The van der Waals surface area contributed by atoms with E-state index in [0.717, 1.165) is 109 Å². The first-order valence-corrected chi connectivity index (χ1v) is 45.0. The maximum atomic E-state index is 13.1. The molecule has 0 aromatic rings. The molecule has 0 fully saturated rings. The van der Waals surface area contributed by atoms with Gasteiger partial charge in [-0.25, -0.2) is 9.13 Å². The van der Waals surface area contributed by atoms with Crippen molar-refractivity contribution >= 4 is 39.5 Å². The number of hydrogen-bond acceptors (Lipinski definition) is 15. The van der Waals surface area contributed by atoms with Crippen LogP contribution in [0.1, 0.15) is 413 Å². The number of phosphoric acid groups is 2. The number of aliphatic hydroxyl groups is 1. The molecule has 101 heavy (non-hydrogen) atoms. The van der Waals surface area contributed by atoms with Gasteiger partial charge in [0.25, 0.3) is 0 Å². The molecule has 0 saturated heterocycles. The molecule has 0 rings (SSSR count). The number of carbonyl (C=O) groups excluding carboxylic acids is 4. The van der Waals surface area contributed by atoms with E-state index in [1.54, 1.807) is 0 Å². The van der Waals surface area contributed by atoms with Gasteiger partial charge in [-0.1, -0.05) is 361 Å². The molecule has 0 aromatic carbocycles. The van der Waals surface area contributed by atoms with Crippen molar-refractivity contribution in [3.63, 3.8) is 0 Å². The highest BCUT2D eigenvalue weighted by atomic mass is 31.2. The molecule has 3 N–H and O–H groups in total. The van der Waals surface area contributed by atoms with Crippen LogP contribution in [0.3, 0.4) is 0 Å². The maximum absolute atomic E-state index is 13.1. The van der Waals surface area contributed by atoms with Gasteiger partial charge in [0.15, 0.2) is 12.2 Å². The fourth-order valence-corrected chi connectivity index (χ4v) is 13.8. The van der Waals surface area contributed by atoms with Crippen LogP contribution in [-0.2, 0) is 65.4 Å². The fraction of sp³-hybridized carbons (Fsp3) is 0.902. The van der Waals surface area contributed by atoms with Crippen LogP contribution in [0.5, 0.6) is 0 Å². The van der Waals surface area contributed by atoms with Crippen molar-refractivity contribution in [2.45, 2.75) is 432 Å². The molecule has 0 aromatic heterocycles. The molecule has 596 valence electrons. The van der Waals surface area contributed by atoms with E-state index in [0.29, 0.717) is 25.7 Å². The number of ether oxygens (including phenoxy) is 4. The van der Waals surface area contributed by atoms with Gasteiger partial charge >= 0.3 is 39.5 Å². The van der Waals surface area contributed by atoms with Crippen molar-refractivity contribution in [1.29, 1.82) is 0 Å². The Morgan fingerprint density at radius 2 is 0.554 bits per heavy atom. The van der Waals surface area contributed by atoms with Crippen molar-refractivity contribution in [2.75, 3.05) is 39.6 Å². The van der Waals surface area contributed by atoms with Crippen molar-refractivity contribution in [1.82, 2.24) is 0 Å². The molecule has 0 aliphatic heterocycles. The van der Waals surface area contributed by atoms with Crippen LogP contribution in [0.2, 0.25) is 0 Å². The molecule has 0 aliphatic rings. The van der Waals surface area contributed by atoms with E-state index in [2.05, 4.69) is 58.9 Å². The van der Waals surface area contributed by atoms with Crippen LogP contribution in [-0.4, -0.2) is 96.7 Å². The summed E-state index contributed by atoms with van der Waals surface area (Å²) in [6.07, 6.45) is 68.7. The van der Waals surface area contributed by atoms with E-state index < -0.39 is 97.5 Å². The lowest BCUT2D eigenvalue weighted by molar-refractivity contribution is -0.161. The Balaban J connectivity index is 5.30. The van der Waals surface area contributed by atoms with E-state index in [-0.39, 0.29) is 25.7 Å². The number of allylic oxidation sites excluding steroid dienone is 4. The molecule has 0 spiro atoms. The van der Waals surface area contributed by atoms with Gasteiger partial charge in [-0.3, -0.25) is 37.3 Å². The molecular weight excluding hydrogens is 1320 g/mol. The van der Waals surface area contributed by atoms with Crippen LogP contribution in [0.4, 0.5) is 0 Å². The van der Waals surface area contributed by atoms with Gasteiger partial charge in [0.05, 0.1) is 26.4 Å². The third-order valence-corrected chi connectivity index (χ3v) is 20.9. The Kier molecular flexibility index (Phi) is 72.6. The van der Waals surface area contributed by atoms with Gasteiger partial charge in [-0.15, -0.1) is 0 Å². The van der Waals surface area contributed by atoms with Gasteiger partial charge in [-0.2, -0.15) is 0 Å². The van der Waals surface area contributed by atoms with E-state index in [1.165, 1.54) is 225 Å². The smallest absolute Gasteiger partial charge is 0.462 e. The monoisotopic (exact) mass is 1480 g/mol. The number of rotatable bonds is 80. The summed E-state index contributed by atoms with van der Waals surface area (Å²) < 4.78 is 68.7. The molecule has 0 bridgehead atoms. The standard InChI is InChI=1S/C82H156O17P2/c1-6-10-13-16-19-22-25-28-31-33-34-37-40-43-46-53-58-63-68-81(86)98-77(71-92-79(84)65-60-55-50-44-41-38-36-32-29-26-23-20-17-14-11-7-2)73-96-100(88,89)94-69-76(83)70-95-101(90,91)97-74-78(72-93-80(85)66-61-56-51-48-47-49-54-59-64-75(5)9-4)99-82(87)67-62-57-52-45-42-39-35-30-27-24-21-18-15-12-8-3/h24,27,30,35,75-78,83H,6-23,25-26,28-29,31-34,36-74H2,1-5H3,(H,88,89)(H,90,91)/b27-24-,35-30-/t75?,76-,77-,78-/m1/s1. The van der Waals surface area contributed by atoms with Crippen LogP contribution >= 0.6 is 15.6 Å². The maximum Gasteiger partial charge on any atom is 0.472 e. The first kappa shape index (κ1) is 98.5. The van der Waals surface area contributed by atoms with Crippen molar-refractivity contribution in [3.8, 4) is 0 Å². The molecule has 0 saturated carbocycles. The second-order valence-corrected chi connectivity index (χ2v) is 32.0. The van der Waals surface area contributed by atoms with Crippen molar-refractivity contribution in [2.24, 2.45) is 5.92 Å². The summed E-state index contributed by atoms with van der Waals surface area (Å²) in [6.45, 7) is 7.27. The average Bonchev–Trinajstić information content (AvgIpc) is 1.02. The minimum Gasteiger partial charge on any atom is -0.462 e. The largest absolute Gasteiger partial charge is 0.472 e. The van der Waals surface area contributed by atoms with E-state index in [1.807, 2.05) is 0 Å². The van der Waals surface area contributed by atoms with Crippen LogP contribution in [0.25, 0.3) is 0 Å². The third kappa shape index (κ3) is 74.2. The van der Waals surface area contributed by atoms with Gasteiger partial charge in [0.1, 0.15) is 19.3 Å². The topological polar surface area (TPSA) is 237 Å². The third-order valence-electron chi connectivity index (χ3n) is 19.0. The van der Waals surface area contributed by atoms with E-state index >= 15 is 0 Å². The first-order chi connectivity index (χ1) is 49.1. The van der Waals surface area contributed by atoms with Gasteiger partial charge < -0.3 is 33.8 Å². The van der Waals surface area contributed by atoms with E-state index in [4.69, 9.17) is 37.0 Å². The summed E-state index contributed by atoms with van der Waals surface area (Å²) in [5, 5.41) is 10.6. The lowest BCUT2D eigenvalue weighted by Crippen LogP contribution is -2.30. The van der Waals surface area contributed by atoms with Crippen LogP contribution in [0, 0.1) is 5.92 Å². The summed E-state index contributed by atoms with van der Waals surface area (Å²) in [4.78, 5) is 73.1. The number of aliphatic hydroxyl groups excluding tert-OH is 1. The Morgan fingerprint density at radius 3 is 0.842 bits per heavy atom. The number of phosphoric ester groups is 2. The zero-order chi connectivity index (χ0) is 74.1. The molecule has 0 amide bonds. The molecule has 3 unspecified atom stereocenters. The second-order valence-electron chi connectivity index (χ2n) is 29.1. The highest BCUT2D eigenvalue weighted by Crippen LogP contribution is 2.45. The van der Waals surface area contributed by atoms with Gasteiger partial charge in [0.2, 0.25) is 0 Å². The molecule has 0 aliphatic carbocycles. The Morgan fingerprint density at radius 1 is 0.317 bits per heavy atom. The molecule has 17 nitrogen and oxygen atoms in total. The Labute approximate surface area is 618 Å². The summed E-state index contributed by atoms with van der Waals surface area (Å²) in [7, 11) is -9.93.